The zero-order valence-corrected chi connectivity index (χ0v) is 17.3. The first-order chi connectivity index (χ1) is 15.2. The molecular weight excluding hydrogens is 386 g/mol. The molecule has 1 amide bonds. The molecule has 0 aliphatic carbocycles. The molecule has 0 saturated heterocycles. The van der Waals surface area contributed by atoms with Crippen LogP contribution >= 0.6 is 0 Å². The van der Waals surface area contributed by atoms with Crippen LogP contribution in [0.2, 0.25) is 0 Å². The quantitative estimate of drug-likeness (QED) is 0.323. The van der Waals surface area contributed by atoms with Crippen LogP contribution in [0.4, 0.5) is 5.69 Å². The van der Waals surface area contributed by atoms with E-state index in [-0.39, 0.29) is 0 Å². The average Bonchev–Trinajstić information content (AvgIpc) is 3.41. The third-order valence-corrected chi connectivity index (χ3v) is 5.95. The molecule has 2 heterocycles. The van der Waals surface area contributed by atoms with Crippen LogP contribution in [0.3, 0.4) is 0 Å². The number of aromatic amines is 1. The number of nitrogens with one attached hydrogen (secondary N) is 2. The van der Waals surface area contributed by atoms with Crippen molar-refractivity contribution in [3.8, 4) is 5.69 Å². The van der Waals surface area contributed by atoms with E-state index in [2.05, 4.69) is 63.8 Å². The van der Waals surface area contributed by atoms with Crippen LogP contribution in [0.15, 0.2) is 72.9 Å². The summed E-state index contributed by atoms with van der Waals surface area (Å²) < 4.78 is 1.92. The van der Waals surface area contributed by atoms with Crippen LogP contribution in [0, 0.1) is 0 Å². The van der Waals surface area contributed by atoms with Gasteiger partial charge in [-0.2, -0.15) is 5.10 Å². The number of nitrogens with zero attached hydrogens (tertiary/aromatic N) is 2. The summed E-state index contributed by atoms with van der Waals surface area (Å²) in [5.74, 6) is -0.432. The van der Waals surface area contributed by atoms with Gasteiger partial charge < -0.3 is 16.0 Å². The van der Waals surface area contributed by atoms with Gasteiger partial charge in [0.15, 0.2) is 0 Å². The number of hydrogen-bond donors (Lipinski definition) is 3. The lowest BCUT2D eigenvalue weighted by molar-refractivity contribution is -0.653. The van der Waals surface area contributed by atoms with Gasteiger partial charge in [-0.1, -0.05) is 41.1 Å². The van der Waals surface area contributed by atoms with E-state index in [0.717, 1.165) is 49.2 Å². The van der Waals surface area contributed by atoms with Gasteiger partial charge in [-0.15, -0.1) is 0 Å². The fraction of sp³-hybridized carbons (Fsp3) is 0.200. The van der Waals surface area contributed by atoms with E-state index in [0.29, 0.717) is 5.56 Å². The van der Waals surface area contributed by atoms with Crippen molar-refractivity contribution in [1.82, 2.24) is 10.4 Å². The molecule has 0 spiro atoms. The minimum absolute atomic E-state index is 0.432. The first kappa shape index (κ1) is 19.3. The van der Waals surface area contributed by atoms with E-state index in [1.54, 1.807) is 6.07 Å². The van der Waals surface area contributed by atoms with E-state index >= 15 is 0 Å². The summed E-state index contributed by atoms with van der Waals surface area (Å²) in [6.45, 7) is 3.90. The number of para-hydroxylation sites is 2. The van der Waals surface area contributed by atoms with Gasteiger partial charge in [0.05, 0.1) is 10.9 Å². The Labute approximate surface area is 181 Å². The largest absolute Gasteiger partial charge is 0.370 e. The first-order valence-electron chi connectivity index (χ1n) is 10.6. The van der Waals surface area contributed by atoms with Crippen molar-refractivity contribution < 1.29 is 9.48 Å². The predicted octanol–water partition coefficient (Wildman–Crippen LogP) is 2.70. The zero-order chi connectivity index (χ0) is 21.2. The van der Waals surface area contributed by atoms with Crippen LogP contribution in [0.1, 0.15) is 21.5 Å². The highest BCUT2D eigenvalue weighted by Crippen LogP contribution is 2.26. The SMILES string of the molecule is NC(=O)c1cccc2c[n+](-c3ccc(CNCCN4CCc5ccccc54)cc3)[nH]c12. The average molecular weight is 413 g/mol. The standard InChI is InChI=1S/C25H25N5O/c26-25(31)22-6-3-5-20-17-30(28-24(20)22)21-10-8-18(9-11-21)16-27-13-15-29-14-12-19-4-1-2-7-23(19)29/h1-11,17,27H,12-16H2,(H2,26,31)/p+1. The lowest BCUT2D eigenvalue weighted by Gasteiger charge is -2.19. The number of H-pyrrole nitrogens is 1. The number of fused-ring (bicyclic) bond motifs is 2. The Kier molecular flexibility index (Phi) is 5.14. The summed E-state index contributed by atoms with van der Waals surface area (Å²) in [6.07, 6.45) is 3.12. The van der Waals surface area contributed by atoms with Crippen LogP contribution in [-0.4, -0.2) is 30.6 Å². The maximum absolute atomic E-state index is 11.7. The Hall–Kier alpha value is -3.64. The fourth-order valence-electron chi connectivity index (χ4n) is 4.30. The molecule has 0 bridgehead atoms. The second kappa shape index (κ2) is 8.24. The van der Waals surface area contributed by atoms with Gasteiger partial charge in [-0.05, 0) is 35.7 Å². The normalized spacial score (nSPS) is 13.0. The van der Waals surface area contributed by atoms with Gasteiger partial charge in [0.25, 0.3) is 5.91 Å². The molecule has 0 saturated carbocycles. The van der Waals surface area contributed by atoms with Crippen molar-refractivity contribution in [1.29, 1.82) is 0 Å². The van der Waals surface area contributed by atoms with Crippen LogP contribution in [0.5, 0.6) is 0 Å². The number of amides is 1. The van der Waals surface area contributed by atoms with E-state index in [9.17, 15) is 4.79 Å². The number of carbonyl (C=O) groups excluding carboxylic acids is 1. The van der Waals surface area contributed by atoms with E-state index in [1.807, 2.05) is 23.0 Å². The van der Waals surface area contributed by atoms with Gasteiger partial charge in [0.2, 0.25) is 11.9 Å². The number of nitrogens with two attached hydrogens (primary N) is 1. The highest BCUT2D eigenvalue weighted by Gasteiger charge is 2.18. The van der Waals surface area contributed by atoms with Crippen molar-refractivity contribution in [2.45, 2.75) is 13.0 Å². The maximum Gasteiger partial charge on any atom is 0.251 e. The summed E-state index contributed by atoms with van der Waals surface area (Å²) in [6, 6.07) is 22.6. The van der Waals surface area contributed by atoms with Crippen molar-refractivity contribution in [2.24, 2.45) is 5.73 Å². The Bertz CT molecular complexity index is 1230. The molecular formula is C25H26N5O+. The van der Waals surface area contributed by atoms with Crippen molar-refractivity contribution in [3.05, 3.63) is 89.6 Å². The number of anilines is 1. The molecule has 6 heteroatoms. The number of carbonyl (C=O) groups is 1. The fourth-order valence-corrected chi connectivity index (χ4v) is 4.30. The molecule has 1 aliphatic rings. The number of benzene rings is 3. The minimum atomic E-state index is -0.432. The van der Waals surface area contributed by atoms with Crippen molar-refractivity contribution in [2.75, 3.05) is 24.5 Å². The number of rotatable bonds is 7. The molecule has 0 atom stereocenters. The van der Waals surface area contributed by atoms with Gasteiger partial charge in [0.1, 0.15) is 5.52 Å². The monoisotopic (exact) mass is 412 g/mol. The molecule has 31 heavy (non-hydrogen) atoms. The summed E-state index contributed by atoms with van der Waals surface area (Å²) >= 11 is 0. The van der Waals surface area contributed by atoms with Gasteiger partial charge in [-0.3, -0.25) is 4.79 Å². The molecule has 0 fully saturated rings. The van der Waals surface area contributed by atoms with E-state index < -0.39 is 5.91 Å². The first-order valence-corrected chi connectivity index (χ1v) is 10.6. The van der Waals surface area contributed by atoms with Crippen LogP contribution in [0.25, 0.3) is 16.6 Å². The predicted molar refractivity (Wildman–Crippen MR) is 122 cm³/mol. The minimum Gasteiger partial charge on any atom is -0.370 e. The Morgan fingerprint density at radius 1 is 1.06 bits per heavy atom. The molecule has 4 N–H and O–H groups in total. The highest BCUT2D eigenvalue weighted by molar-refractivity contribution is 6.04. The topological polar surface area (TPSA) is 78.0 Å². The summed E-state index contributed by atoms with van der Waals surface area (Å²) in [7, 11) is 0. The number of primary amides is 1. The van der Waals surface area contributed by atoms with Gasteiger partial charge in [-0.25, -0.2) is 0 Å². The molecule has 4 aromatic rings. The maximum atomic E-state index is 11.7. The number of hydrogen-bond acceptors (Lipinski definition) is 3. The third kappa shape index (κ3) is 3.90. The molecule has 0 unspecified atom stereocenters. The van der Waals surface area contributed by atoms with Crippen LogP contribution < -0.4 is 20.6 Å². The lowest BCUT2D eigenvalue weighted by Crippen LogP contribution is -2.32. The molecule has 3 aromatic carbocycles. The second-order valence-electron chi connectivity index (χ2n) is 7.95. The summed E-state index contributed by atoms with van der Waals surface area (Å²) in [5.41, 5.74) is 11.8. The second-order valence-corrected chi connectivity index (χ2v) is 7.95. The lowest BCUT2D eigenvalue weighted by atomic mass is 10.1. The molecule has 1 aliphatic heterocycles. The molecule has 6 nitrogen and oxygen atoms in total. The van der Waals surface area contributed by atoms with Crippen LogP contribution in [-0.2, 0) is 13.0 Å². The molecule has 0 radical (unpaired) electrons. The Balaban J connectivity index is 1.20. The molecule has 156 valence electrons. The smallest absolute Gasteiger partial charge is 0.251 e. The van der Waals surface area contributed by atoms with Gasteiger partial charge >= 0.3 is 0 Å². The third-order valence-electron chi connectivity index (χ3n) is 5.95. The van der Waals surface area contributed by atoms with E-state index in [4.69, 9.17) is 5.73 Å². The molecule has 5 rings (SSSR count). The Morgan fingerprint density at radius 3 is 2.74 bits per heavy atom. The van der Waals surface area contributed by atoms with Crippen molar-refractivity contribution in [3.63, 3.8) is 0 Å². The van der Waals surface area contributed by atoms with Crippen molar-refractivity contribution >= 4 is 22.5 Å². The Morgan fingerprint density at radius 2 is 1.90 bits per heavy atom. The summed E-state index contributed by atoms with van der Waals surface area (Å²) in [4.78, 5) is 14.1. The highest BCUT2D eigenvalue weighted by atomic mass is 16.1. The number of aromatic nitrogens is 2. The van der Waals surface area contributed by atoms with E-state index in [1.165, 1.54) is 16.8 Å². The zero-order valence-electron chi connectivity index (χ0n) is 17.3. The van der Waals surface area contributed by atoms with Gasteiger partial charge in [0, 0.05) is 44.0 Å². The molecule has 1 aromatic heterocycles. The summed E-state index contributed by atoms with van der Waals surface area (Å²) in [5, 5.41) is 7.77.